The van der Waals surface area contributed by atoms with Crippen molar-refractivity contribution in [3.05, 3.63) is 65.7 Å². The van der Waals surface area contributed by atoms with Gasteiger partial charge in [-0.25, -0.2) is 8.78 Å². The minimum atomic E-state index is -1.01. The Morgan fingerprint density at radius 1 is 1.00 bits per heavy atom. The fraction of sp³-hybridized carbons (Fsp3) is 0.409. The third kappa shape index (κ3) is 5.76. The predicted molar refractivity (Wildman–Crippen MR) is 102 cm³/mol. The van der Waals surface area contributed by atoms with Crippen LogP contribution in [-0.4, -0.2) is 41.2 Å². The van der Waals surface area contributed by atoms with Crippen LogP contribution in [0.15, 0.2) is 48.5 Å². The largest absolute Gasteiger partial charge is 0.491 e. The standard InChI is InChI=1S/C22H25F2NO3/c23-18-5-2-17(3-6-18)4-11-21(26)25-14-1-12-22(27,13-15-25)16-28-20-9-7-19(24)8-10-20/h2-3,5-10,27H,1,4,11-16H2. The van der Waals surface area contributed by atoms with Gasteiger partial charge in [0.15, 0.2) is 0 Å². The highest BCUT2D eigenvalue weighted by molar-refractivity contribution is 5.76. The van der Waals surface area contributed by atoms with E-state index in [1.165, 1.54) is 36.4 Å². The second-order valence-corrected chi connectivity index (χ2v) is 7.33. The molecule has 2 aromatic carbocycles. The van der Waals surface area contributed by atoms with Gasteiger partial charge in [0, 0.05) is 19.5 Å². The first-order valence-electron chi connectivity index (χ1n) is 9.57. The molecule has 0 aliphatic carbocycles. The number of aliphatic hydroxyl groups is 1. The normalized spacial score (nSPS) is 19.9. The van der Waals surface area contributed by atoms with Crippen molar-refractivity contribution in [2.24, 2.45) is 0 Å². The van der Waals surface area contributed by atoms with Crippen LogP contribution in [0.25, 0.3) is 0 Å². The lowest BCUT2D eigenvalue weighted by atomic mass is 9.96. The summed E-state index contributed by atoms with van der Waals surface area (Å²) in [4.78, 5) is 14.3. The molecule has 1 fully saturated rings. The summed E-state index contributed by atoms with van der Waals surface area (Å²) in [5.41, 5.74) is -0.0887. The van der Waals surface area contributed by atoms with Gasteiger partial charge in [-0.05, 0) is 67.6 Å². The number of aryl methyl sites for hydroxylation is 1. The van der Waals surface area contributed by atoms with Crippen LogP contribution in [0.2, 0.25) is 0 Å². The molecule has 28 heavy (non-hydrogen) atoms. The predicted octanol–water partition coefficient (Wildman–Crippen LogP) is 3.72. The van der Waals surface area contributed by atoms with Crippen LogP contribution in [0, 0.1) is 11.6 Å². The first-order chi connectivity index (χ1) is 13.4. The van der Waals surface area contributed by atoms with Gasteiger partial charge in [-0.1, -0.05) is 12.1 Å². The fourth-order valence-electron chi connectivity index (χ4n) is 3.38. The maximum absolute atomic E-state index is 13.0. The summed E-state index contributed by atoms with van der Waals surface area (Å²) in [6, 6.07) is 11.9. The van der Waals surface area contributed by atoms with E-state index in [0.717, 1.165) is 5.56 Å². The van der Waals surface area contributed by atoms with E-state index in [4.69, 9.17) is 4.74 Å². The zero-order valence-corrected chi connectivity index (χ0v) is 15.7. The Morgan fingerprint density at radius 3 is 2.32 bits per heavy atom. The molecule has 6 heteroatoms. The van der Waals surface area contributed by atoms with Crippen molar-refractivity contribution in [1.82, 2.24) is 4.90 Å². The van der Waals surface area contributed by atoms with E-state index >= 15 is 0 Å². The van der Waals surface area contributed by atoms with E-state index in [1.54, 1.807) is 17.0 Å². The monoisotopic (exact) mass is 389 g/mol. The van der Waals surface area contributed by atoms with E-state index in [2.05, 4.69) is 0 Å². The van der Waals surface area contributed by atoms with Crippen LogP contribution >= 0.6 is 0 Å². The minimum absolute atomic E-state index is 0.0352. The quantitative estimate of drug-likeness (QED) is 0.819. The molecule has 1 aliphatic heterocycles. The molecule has 0 spiro atoms. The number of nitrogens with zero attached hydrogens (tertiary/aromatic N) is 1. The lowest BCUT2D eigenvalue weighted by molar-refractivity contribution is -0.131. The maximum Gasteiger partial charge on any atom is 0.222 e. The highest BCUT2D eigenvalue weighted by Gasteiger charge is 2.32. The number of carbonyl (C=O) groups is 1. The molecule has 4 nitrogen and oxygen atoms in total. The second kappa shape index (κ2) is 9.15. The van der Waals surface area contributed by atoms with Crippen LogP contribution in [0.1, 0.15) is 31.2 Å². The van der Waals surface area contributed by atoms with Gasteiger partial charge in [0.2, 0.25) is 5.91 Å². The van der Waals surface area contributed by atoms with E-state index in [1.807, 2.05) is 0 Å². The van der Waals surface area contributed by atoms with Gasteiger partial charge in [-0.15, -0.1) is 0 Å². The maximum atomic E-state index is 13.0. The van der Waals surface area contributed by atoms with Crippen molar-refractivity contribution in [2.45, 2.75) is 37.7 Å². The Morgan fingerprint density at radius 2 is 1.64 bits per heavy atom. The molecule has 1 unspecified atom stereocenters. The van der Waals surface area contributed by atoms with E-state index in [0.29, 0.717) is 50.9 Å². The van der Waals surface area contributed by atoms with Crippen molar-refractivity contribution < 1.29 is 23.4 Å². The number of carbonyl (C=O) groups excluding carboxylic acids is 1. The molecule has 0 aromatic heterocycles. The molecule has 1 atom stereocenters. The number of ether oxygens (including phenoxy) is 1. The van der Waals surface area contributed by atoms with E-state index < -0.39 is 5.60 Å². The molecule has 1 N–H and O–H groups in total. The highest BCUT2D eigenvalue weighted by atomic mass is 19.1. The van der Waals surface area contributed by atoms with Crippen molar-refractivity contribution in [3.63, 3.8) is 0 Å². The molecule has 3 rings (SSSR count). The molecule has 150 valence electrons. The first kappa shape index (κ1) is 20.3. The van der Waals surface area contributed by atoms with Gasteiger partial charge in [0.25, 0.3) is 0 Å². The summed E-state index contributed by atoms with van der Waals surface area (Å²) in [5.74, 6) is -0.0839. The SMILES string of the molecule is O=C(CCc1ccc(F)cc1)N1CCCC(O)(COc2ccc(F)cc2)CC1. The average molecular weight is 389 g/mol. The van der Waals surface area contributed by atoms with Gasteiger partial charge in [0.05, 0.1) is 0 Å². The van der Waals surface area contributed by atoms with Gasteiger partial charge >= 0.3 is 0 Å². The van der Waals surface area contributed by atoms with Crippen molar-refractivity contribution in [2.75, 3.05) is 19.7 Å². The molecule has 0 saturated carbocycles. The third-order valence-corrected chi connectivity index (χ3v) is 5.13. The molecule has 1 amide bonds. The Labute approximate surface area is 163 Å². The summed E-state index contributed by atoms with van der Waals surface area (Å²) >= 11 is 0. The van der Waals surface area contributed by atoms with Crippen LogP contribution in [0.4, 0.5) is 8.78 Å². The summed E-state index contributed by atoms with van der Waals surface area (Å²) in [5, 5.41) is 10.8. The first-order valence-corrected chi connectivity index (χ1v) is 9.57. The summed E-state index contributed by atoms with van der Waals surface area (Å²) in [7, 11) is 0. The zero-order chi connectivity index (χ0) is 20.0. The Hall–Kier alpha value is -2.47. The fourth-order valence-corrected chi connectivity index (χ4v) is 3.38. The molecule has 1 heterocycles. The Bertz CT molecular complexity index is 779. The summed E-state index contributed by atoms with van der Waals surface area (Å²) in [6.45, 7) is 1.17. The average Bonchev–Trinajstić information content (AvgIpc) is 2.89. The molecule has 2 aromatic rings. The van der Waals surface area contributed by atoms with Crippen LogP contribution in [-0.2, 0) is 11.2 Å². The zero-order valence-electron chi connectivity index (χ0n) is 15.7. The van der Waals surface area contributed by atoms with Crippen LogP contribution in [0.5, 0.6) is 5.75 Å². The number of likely N-dealkylation sites (tertiary alicyclic amines) is 1. The van der Waals surface area contributed by atoms with Gasteiger partial charge < -0.3 is 14.7 Å². The molecular formula is C22H25F2NO3. The molecule has 1 saturated heterocycles. The lowest BCUT2D eigenvalue weighted by Gasteiger charge is -2.27. The highest BCUT2D eigenvalue weighted by Crippen LogP contribution is 2.24. The number of rotatable bonds is 6. The molecule has 1 aliphatic rings. The number of hydrogen-bond donors (Lipinski definition) is 1. The molecule has 0 bridgehead atoms. The lowest BCUT2D eigenvalue weighted by Crippen LogP contribution is -2.38. The van der Waals surface area contributed by atoms with Gasteiger partial charge in [-0.3, -0.25) is 4.79 Å². The summed E-state index contributed by atoms with van der Waals surface area (Å²) < 4.78 is 31.5. The molecule has 0 radical (unpaired) electrons. The van der Waals surface area contributed by atoms with Crippen molar-refractivity contribution in [3.8, 4) is 5.75 Å². The van der Waals surface area contributed by atoms with E-state index in [-0.39, 0.29) is 24.1 Å². The number of halogens is 2. The third-order valence-electron chi connectivity index (χ3n) is 5.13. The smallest absolute Gasteiger partial charge is 0.222 e. The van der Waals surface area contributed by atoms with E-state index in [9.17, 15) is 18.7 Å². The minimum Gasteiger partial charge on any atom is -0.491 e. The Kier molecular flexibility index (Phi) is 6.62. The van der Waals surface area contributed by atoms with Crippen molar-refractivity contribution >= 4 is 5.91 Å². The second-order valence-electron chi connectivity index (χ2n) is 7.33. The topological polar surface area (TPSA) is 49.8 Å². The van der Waals surface area contributed by atoms with Crippen LogP contribution in [0.3, 0.4) is 0 Å². The number of amides is 1. The van der Waals surface area contributed by atoms with Gasteiger partial charge in [0.1, 0.15) is 29.6 Å². The number of benzene rings is 2. The number of hydrogen-bond acceptors (Lipinski definition) is 3. The Balaban J connectivity index is 1.48. The van der Waals surface area contributed by atoms with Gasteiger partial charge in [-0.2, -0.15) is 0 Å². The molecular weight excluding hydrogens is 364 g/mol. The summed E-state index contributed by atoms with van der Waals surface area (Å²) in [6.07, 6.45) is 2.57. The van der Waals surface area contributed by atoms with Crippen LogP contribution < -0.4 is 4.74 Å². The van der Waals surface area contributed by atoms with Crippen molar-refractivity contribution in [1.29, 1.82) is 0 Å².